The minimum absolute atomic E-state index is 0.0612. The molecule has 1 atom stereocenters. The molecule has 0 saturated heterocycles. The van der Waals surface area contributed by atoms with E-state index in [9.17, 15) is 27.9 Å². The van der Waals surface area contributed by atoms with Gasteiger partial charge in [0.25, 0.3) is 5.91 Å². The van der Waals surface area contributed by atoms with Crippen molar-refractivity contribution in [3.63, 3.8) is 0 Å². The van der Waals surface area contributed by atoms with Crippen LogP contribution in [0.1, 0.15) is 67.1 Å². The Balaban J connectivity index is 1.51. The predicted octanol–water partition coefficient (Wildman–Crippen LogP) is 3.83. The van der Waals surface area contributed by atoms with Gasteiger partial charge >= 0.3 is 12.3 Å². The van der Waals surface area contributed by atoms with E-state index in [1.807, 2.05) is 4.90 Å². The van der Waals surface area contributed by atoms with Crippen molar-refractivity contribution < 1.29 is 32.6 Å². The maximum atomic E-state index is 13.5. The maximum Gasteiger partial charge on any atom is 0.421 e. The fourth-order valence-corrected chi connectivity index (χ4v) is 4.92. The van der Waals surface area contributed by atoms with E-state index in [-0.39, 0.29) is 35.7 Å². The van der Waals surface area contributed by atoms with E-state index in [0.717, 1.165) is 25.0 Å². The highest BCUT2D eigenvalue weighted by atomic mass is 19.4. The smallest absolute Gasteiger partial charge is 0.421 e. The van der Waals surface area contributed by atoms with Crippen LogP contribution in [0.4, 0.5) is 18.0 Å². The largest absolute Gasteiger partial charge is 0.449 e. The Morgan fingerprint density at radius 2 is 1.72 bits per heavy atom. The van der Waals surface area contributed by atoms with Gasteiger partial charge in [-0.1, -0.05) is 12.1 Å². The minimum atomic E-state index is -4.84. The molecule has 11 heteroatoms. The van der Waals surface area contributed by atoms with Gasteiger partial charge in [0.2, 0.25) is 0 Å². The number of nitrogens with zero attached hydrogens (tertiary/aromatic N) is 3. The first kappa shape index (κ1) is 25.9. The number of amides is 2. The highest BCUT2D eigenvalue weighted by Crippen LogP contribution is 2.43. The number of ether oxygens (including phenoxy) is 1. The van der Waals surface area contributed by atoms with Gasteiger partial charge in [-0.25, -0.2) is 4.79 Å². The van der Waals surface area contributed by atoms with Crippen molar-refractivity contribution in [3.05, 3.63) is 59.7 Å². The lowest BCUT2D eigenvalue weighted by molar-refractivity contribution is -0.258. The molecule has 8 nitrogen and oxygen atoms in total. The Bertz CT molecular complexity index is 1080. The normalized spacial score (nSPS) is 24.0. The summed E-state index contributed by atoms with van der Waals surface area (Å²) < 4.78 is 44.7. The summed E-state index contributed by atoms with van der Waals surface area (Å²) in [5, 5.41) is 9.92. The van der Waals surface area contributed by atoms with Gasteiger partial charge in [0, 0.05) is 41.7 Å². The first-order valence-electron chi connectivity index (χ1n) is 11.9. The summed E-state index contributed by atoms with van der Waals surface area (Å²) in [6.45, 7) is 0.749. The zero-order valence-corrected chi connectivity index (χ0v) is 19.9. The van der Waals surface area contributed by atoms with Crippen molar-refractivity contribution in [1.82, 2.24) is 14.9 Å². The molecule has 2 aliphatic carbocycles. The number of benzene rings is 1. The van der Waals surface area contributed by atoms with E-state index in [4.69, 9.17) is 10.5 Å². The van der Waals surface area contributed by atoms with E-state index in [0.29, 0.717) is 38.3 Å². The standard InChI is InChI=1S/C25H29F3N4O4/c1-23(35,25(26,27)28)17-4-2-16(3-5-17)21(33)32(18-6-7-18)19-8-10-24(11-9-19,15-36-22(29)34)20-14-30-12-13-31-20/h2-5,12-14,18-19,35H,6-11,15H2,1H3,(H2,29,34). The number of hydrogen-bond donors (Lipinski definition) is 2. The van der Waals surface area contributed by atoms with Crippen LogP contribution >= 0.6 is 0 Å². The van der Waals surface area contributed by atoms with E-state index < -0.39 is 23.3 Å². The van der Waals surface area contributed by atoms with Gasteiger partial charge in [-0.2, -0.15) is 13.2 Å². The molecule has 1 heterocycles. The molecule has 4 rings (SSSR count). The molecule has 2 fully saturated rings. The summed E-state index contributed by atoms with van der Waals surface area (Å²) in [5.41, 5.74) is 2.27. The molecule has 3 N–H and O–H groups in total. The SMILES string of the molecule is CC(O)(c1ccc(C(=O)N(C2CC2)C2CCC(COC(N)=O)(c3cnccn3)CC2)cc1)C(F)(F)F. The van der Waals surface area contributed by atoms with Crippen molar-refractivity contribution in [2.75, 3.05) is 6.61 Å². The minimum Gasteiger partial charge on any atom is -0.449 e. The van der Waals surface area contributed by atoms with Crippen LogP contribution in [-0.4, -0.2) is 56.8 Å². The Morgan fingerprint density at radius 3 is 2.22 bits per heavy atom. The van der Waals surface area contributed by atoms with Crippen LogP contribution in [-0.2, 0) is 15.8 Å². The molecule has 1 aromatic carbocycles. The second-order valence-corrected chi connectivity index (χ2v) is 9.80. The van der Waals surface area contributed by atoms with Crippen molar-refractivity contribution in [2.24, 2.45) is 5.73 Å². The third kappa shape index (κ3) is 5.16. The van der Waals surface area contributed by atoms with Crippen LogP contribution < -0.4 is 5.73 Å². The van der Waals surface area contributed by atoms with E-state index in [1.54, 1.807) is 18.6 Å². The highest BCUT2D eigenvalue weighted by Gasteiger charge is 2.51. The highest BCUT2D eigenvalue weighted by molar-refractivity contribution is 5.95. The molecule has 2 aliphatic rings. The monoisotopic (exact) mass is 506 g/mol. The van der Waals surface area contributed by atoms with Gasteiger partial charge in [0.05, 0.1) is 5.69 Å². The number of primary amides is 1. The van der Waals surface area contributed by atoms with Gasteiger partial charge in [0.1, 0.15) is 6.61 Å². The maximum absolute atomic E-state index is 13.5. The molecule has 36 heavy (non-hydrogen) atoms. The number of carbonyl (C=O) groups is 2. The average Bonchev–Trinajstić information content (AvgIpc) is 3.69. The summed E-state index contributed by atoms with van der Waals surface area (Å²) in [7, 11) is 0. The van der Waals surface area contributed by atoms with Crippen LogP contribution in [0.2, 0.25) is 0 Å². The van der Waals surface area contributed by atoms with E-state index in [2.05, 4.69) is 9.97 Å². The number of halogens is 3. The number of rotatable bonds is 7. The van der Waals surface area contributed by atoms with Gasteiger partial charge in [-0.05, 0) is 63.1 Å². The van der Waals surface area contributed by atoms with Crippen LogP contribution in [0.15, 0.2) is 42.9 Å². The molecule has 1 aromatic heterocycles. The quantitative estimate of drug-likeness (QED) is 0.589. The number of hydrogen-bond acceptors (Lipinski definition) is 6. The molecule has 0 spiro atoms. The van der Waals surface area contributed by atoms with Crippen molar-refractivity contribution >= 4 is 12.0 Å². The first-order valence-corrected chi connectivity index (χ1v) is 11.9. The number of aliphatic hydroxyl groups is 1. The lowest BCUT2D eigenvalue weighted by Gasteiger charge is -2.43. The van der Waals surface area contributed by atoms with Crippen LogP contribution in [0.5, 0.6) is 0 Å². The summed E-state index contributed by atoms with van der Waals surface area (Å²) >= 11 is 0. The Morgan fingerprint density at radius 1 is 1.11 bits per heavy atom. The molecular weight excluding hydrogens is 477 g/mol. The number of nitrogens with two attached hydrogens (primary N) is 1. The molecule has 2 amide bonds. The van der Waals surface area contributed by atoms with Crippen LogP contribution in [0.25, 0.3) is 0 Å². The average molecular weight is 507 g/mol. The summed E-state index contributed by atoms with van der Waals surface area (Å²) in [5.74, 6) is -0.249. The molecule has 2 saturated carbocycles. The van der Waals surface area contributed by atoms with Crippen molar-refractivity contribution in [2.45, 2.75) is 74.7 Å². The van der Waals surface area contributed by atoms with Crippen LogP contribution in [0, 0.1) is 0 Å². The van der Waals surface area contributed by atoms with Gasteiger partial charge in [0.15, 0.2) is 5.60 Å². The second-order valence-electron chi connectivity index (χ2n) is 9.80. The number of carbonyl (C=O) groups excluding carboxylic acids is 2. The molecule has 0 bridgehead atoms. The van der Waals surface area contributed by atoms with E-state index in [1.165, 1.54) is 12.1 Å². The third-order valence-electron chi connectivity index (χ3n) is 7.32. The zero-order valence-electron chi connectivity index (χ0n) is 19.9. The predicted molar refractivity (Wildman–Crippen MR) is 123 cm³/mol. The van der Waals surface area contributed by atoms with Crippen molar-refractivity contribution in [3.8, 4) is 0 Å². The Labute approximate surface area is 206 Å². The van der Waals surface area contributed by atoms with Gasteiger partial charge in [-0.3, -0.25) is 14.8 Å². The fourth-order valence-electron chi connectivity index (χ4n) is 4.92. The molecule has 0 aliphatic heterocycles. The van der Waals surface area contributed by atoms with Gasteiger partial charge < -0.3 is 20.5 Å². The second kappa shape index (κ2) is 9.68. The molecular formula is C25H29F3N4O4. The molecule has 2 aromatic rings. The molecule has 1 unspecified atom stereocenters. The summed E-state index contributed by atoms with van der Waals surface area (Å²) in [4.78, 5) is 35.2. The number of aromatic nitrogens is 2. The molecule has 194 valence electrons. The first-order chi connectivity index (χ1) is 16.9. The topological polar surface area (TPSA) is 119 Å². The van der Waals surface area contributed by atoms with E-state index >= 15 is 0 Å². The third-order valence-corrected chi connectivity index (χ3v) is 7.32. The zero-order chi connectivity index (χ0) is 26.1. The lowest BCUT2D eigenvalue weighted by Crippen LogP contribution is -2.48. The number of alkyl halides is 3. The Kier molecular flexibility index (Phi) is 6.96. The lowest BCUT2D eigenvalue weighted by atomic mass is 9.70. The van der Waals surface area contributed by atoms with Gasteiger partial charge in [-0.15, -0.1) is 0 Å². The summed E-state index contributed by atoms with van der Waals surface area (Å²) in [6.07, 6.45) is 3.23. The van der Waals surface area contributed by atoms with Crippen LogP contribution in [0.3, 0.4) is 0 Å². The molecule has 0 radical (unpaired) electrons. The Hall–Kier alpha value is -3.21. The summed E-state index contributed by atoms with van der Waals surface area (Å²) in [6, 6.07) is 4.95. The van der Waals surface area contributed by atoms with Crippen molar-refractivity contribution in [1.29, 1.82) is 0 Å². The fraction of sp³-hybridized carbons (Fsp3) is 0.520.